The van der Waals surface area contributed by atoms with Crippen molar-refractivity contribution >= 4 is 17.4 Å². The number of hydrogen-bond acceptors (Lipinski definition) is 4. The number of likely N-dealkylation sites (N-methyl/N-ethyl adjacent to an activating group) is 1. The van der Waals surface area contributed by atoms with Gasteiger partial charge in [0.2, 0.25) is 0 Å². The quantitative estimate of drug-likeness (QED) is 0.908. The Kier molecular flexibility index (Phi) is 5.18. The molecular weight excluding hydrogens is 262 g/mol. The molecule has 1 atom stereocenters. The Labute approximate surface area is 118 Å². The Morgan fingerprint density at radius 2 is 2.26 bits per heavy atom. The van der Waals surface area contributed by atoms with Crippen LogP contribution in [-0.4, -0.2) is 62.8 Å². The van der Waals surface area contributed by atoms with E-state index < -0.39 is 0 Å². The van der Waals surface area contributed by atoms with Crippen LogP contribution in [0.3, 0.4) is 0 Å². The lowest BCUT2D eigenvalue weighted by atomic mass is 10.1. The van der Waals surface area contributed by atoms with Crippen LogP contribution < -0.4 is 5.32 Å². The molecule has 1 aromatic heterocycles. The molecule has 6 heteroatoms. The number of rotatable bonds is 4. The summed E-state index contributed by atoms with van der Waals surface area (Å²) in [5.74, 6) is 0. The number of urea groups is 1. The minimum absolute atomic E-state index is 0.00498. The predicted octanol–water partition coefficient (Wildman–Crippen LogP) is 1.39. The largest absolute Gasteiger partial charge is 0.378 e. The maximum absolute atomic E-state index is 12.0. The number of carbonyl (C=O) groups is 1. The van der Waals surface area contributed by atoms with Gasteiger partial charge in [0.25, 0.3) is 0 Å². The predicted molar refractivity (Wildman–Crippen MR) is 76.5 cm³/mol. The van der Waals surface area contributed by atoms with Crippen molar-refractivity contribution in [1.29, 1.82) is 0 Å². The van der Waals surface area contributed by atoms with Gasteiger partial charge in [0.15, 0.2) is 0 Å². The van der Waals surface area contributed by atoms with Crippen LogP contribution in [0.5, 0.6) is 0 Å². The molecule has 5 nitrogen and oxygen atoms in total. The molecule has 0 spiro atoms. The van der Waals surface area contributed by atoms with Gasteiger partial charge in [-0.25, -0.2) is 4.79 Å². The molecule has 2 amide bonds. The van der Waals surface area contributed by atoms with Crippen molar-refractivity contribution in [2.24, 2.45) is 0 Å². The lowest BCUT2D eigenvalue weighted by molar-refractivity contribution is 0.0528. The van der Waals surface area contributed by atoms with Gasteiger partial charge in [-0.15, -0.1) is 0 Å². The van der Waals surface area contributed by atoms with Crippen molar-refractivity contribution in [2.75, 3.05) is 46.9 Å². The van der Waals surface area contributed by atoms with Gasteiger partial charge in [0.05, 0.1) is 19.3 Å². The highest BCUT2D eigenvalue weighted by atomic mass is 32.1. The summed E-state index contributed by atoms with van der Waals surface area (Å²) in [4.78, 5) is 16.0. The molecule has 1 aliphatic heterocycles. The summed E-state index contributed by atoms with van der Waals surface area (Å²) in [5.41, 5.74) is 1.25. The van der Waals surface area contributed by atoms with E-state index >= 15 is 0 Å². The lowest BCUT2D eigenvalue weighted by Gasteiger charge is -2.29. The van der Waals surface area contributed by atoms with Crippen LogP contribution in [0.1, 0.15) is 11.6 Å². The molecule has 2 rings (SSSR count). The van der Waals surface area contributed by atoms with Gasteiger partial charge in [-0.1, -0.05) is 0 Å². The zero-order chi connectivity index (χ0) is 13.7. The Bertz CT molecular complexity index is 389. The molecule has 2 heterocycles. The molecule has 0 saturated carbocycles. The third-order valence-electron chi connectivity index (χ3n) is 3.30. The zero-order valence-electron chi connectivity index (χ0n) is 11.5. The smallest absolute Gasteiger partial charge is 0.317 e. The van der Waals surface area contributed by atoms with E-state index in [1.807, 2.05) is 19.0 Å². The molecule has 1 saturated heterocycles. The maximum Gasteiger partial charge on any atom is 0.317 e. The van der Waals surface area contributed by atoms with Gasteiger partial charge in [0.1, 0.15) is 0 Å². The maximum atomic E-state index is 12.0. The van der Waals surface area contributed by atoms with Crippen molar-refractivity contribution in [3.63, 3.8) is 0 Å². The average Bonchev–Trinajstić information content (AvgIpc) is 2.93. The molecule has 1 fully saturated rings. The van der Waals surface area contributed by atoms with E-state index in [1.54, 1.807) is 11.3 Å². The summed E-state index contributed by atoms with van der Waals surface area (Å²) in [6.07, 6.45) is 0. The standard InChI is InChI=1S/C13H21N3O2S/c1-15(2)12(11-3-8-19-10-11)9-14-13(17)16-4-6-18-7-5-16/h3,8,10,12H,4-7,9H2,1-2H3,(H,14,17)/t12-/m1/s1. The van der Waals surface area contributed by atoms with Gasteiger partial charge in [-0.05, 0) is 36.5 Å². The van der Waals surface area contributed by atoms with E-state index in [0.717, 1.165) is 0 Å². The summed E-state index contributed by atoms with van der Waals surface area (Å²) < 4.78 is 5.24. The second kappa shape index (κ2) is 6.88. The number of nitrogens with one attached hydrogen (secondary N) is 1. The SMILES string of the molecule is CN(C)[C@H](CNC(=O)N1CCOCC1)c1ccsc1. The molecule has 0 aliphatic carbocycles. The van der Waals surface area contributed by atoms with Crippen LogP contribution in [0.2, 0.25) is 0 Å². The Morgan fingerprint density at radius 1 is 1.53 bits per heavy atom. The summed E-state index contributed by atoms with van der Waals surface area (Å²) >= 11 is 1.68. The van der Waals surface area contributed by atoms with E-state index in [9.17, 15) is 4.79 Å². The molecule has 0 radical (unpaired) electrons. The first kappa shape index (κ1) is 14.3. The number of morpholine rings is 1. The van der Waals surface area contributed by atoms with E-state index in [0.29, 0.717) is 32.8 Å². The highest BCUT2D eigenvalue weighted by molar-refractivity contribution is 7.07. The van der Waals surface area contributed by atoms with Crippen LogP contribution in [0.15, 0.2) is 16.8 Å². The summed E-state index contributed by atoms with van der Waals surface area (Å²) in [5, 5.41) is 7.21. The Hall–Kier alpha value is -1.11. The van der Waals surface area contributed by atoms with Gasteiger partial charge < -0.3 is 19.9 Å². The third-order valence-corrected chi connectivity index (χ3v) is 4.00. The number of amides is 2. The van der Waals surface area contributed by atoms with Crippen molar-refractivity contribution in [2.45, 2.75) is 6.04 Å². The first-order valence-corrected chi connectivity index (χ1v) is 7.42. The summed E-state index contributed by atoms with van der Waals surface area (Å²) in [6.45, 7) is 3.25. The second-order valence-corrected chi connectivity index (χ2v) is 5.60. The van der Waals surface area contributed by atoms with Crippen molar-refractivity contribution in [1.82, 2.24) is 15.1 Å². The highest BCUT2D eigenvalue weighted by Crippen LogP contribution is 2.20. The van der Waals surface area contributed by atoms with Crippen LogP contribution >= 0.6 is 11.3 Å². The lowest BCUT2D eigenvalue weighted by Crippen LogP contribution is -2.47. The number of carbonyl (C=O) groups excluding carboxylic acids is 1. The molecule has 0 aromatic carbocycles. The summed E-state index contributed by atoms with van der Waals surface area (Å²) in [7, 11) is 4.06. The molecular formula is C13H21N3O2S. The molecule has 0 unspecified atom stereocenters. The van der Waals surface area contributed by atoms with Gasteiger partial charge in [0, 0.05) is 19.6 Å². The molecule has 1 aromatic rings. The minimum atomic E-state index is 0.00498. The second-order valence-electron chi connectivity index (χ2n) is 4.82. The van der Waals surface area contributed by atoms with Crippen LogP contribution in [-0.2, 0) is 4.74 Å². The topological polar surface area (TPSA) is 44.8 Å². The molecule has 106 valence electrons. The number of hydrogen-bond donors (Lipinski definition) is 1. The number of thiophene rings is 1. The van der Waals surface area contributed by atoms with Crippen LogP contribution in [0.4, 0.5) is 4.79 Å². The third kappa shape index (κ3) is 3.92. The molecule has 1 N–H and O–H groups in total. The number of ether oxygens (including phenoxy) is 1. The first-order chi connectivity index (χ1) is 9.18. The minimum Gasteiger partial charge on any atom is -0.378 e. The van der Waals surface area contributed by atoms with Crippen LogP contribution in [0, 0.1) is 0 Å². The van der Waals surface area contributed by atoms with E-state index in [1.165, 1.54) is 5.56 Å². The van der Waals surface area contributed by atoms with E-state index in [-0.39, 0.29) is 12.1 Å². The highest BCUT2D eigenvalue weighted by Gasteiger charge is 2.19. The fourth-order valence-corrected chi connectivity index (χ4v) is 2.83. The van der Waals surface area contributed by atoms with Crippen molar-refractivity contribution < 1.29 is 9.53 Å². The molecule has 0 bridgehead atoms. The fraction of sp³-hybridized carbons (Fsp3) is 0.615. The average molecular weight is 283 g/mol. The van der Waals surface area contributed by atoms with E-state index in [4.69, 9.17) is 4.74 Å². The monoisotopic (exact) mass is 283 g/mol. The Balaban J connectivity index is 1.86. The molecule has 1 aliphatic rings. The van der Waals surface area contributed by atoms with Crippen LogP contribution in [0.25, 0.3) is 0 Å². The van der Waals surface area contributed by atoms with Gasteiger partial charge >= 0.3 is 6.03 Å². The van der Waals surface area contributed by atoms with Crippen molar-refractivity contribution in [3.8, 4) is 0 Å². The van der Waals surface area contributed by atoms with Gasteiger partial charge in [-0.3, -0.25) is 0 Å². The summed E-state index contributed by atoms with van der Waals surface area (Å²) in [6, 6.07) is 2.33. The zero-order valence-corrected chi connectivity index (χ0v) is 12.3. The van der Waals surface area contributed by atoms with Crippen molar-refractivity contribution in [3.05, 3.63) is 22.4 Å². The van der Waals surface area contributed by atoms with E-state index in [2.05, 4.69) is 27.0 Å². The van der Waals surface area contributed by atoms with Gasteiger partial charge in [-0.2, -0.15) is 11.3 Å². The molecule has 19 heavy (non-hydrogen) atoms. The normalized spacial score (nSPS) is 17.5. The Morgan fingerprint density at radius 3 is 2.84 bits per heavy atom. The first-order valence-electron chi connectivity index (χ1n) is 6.47. The fourth-order valence-electron chi connectivity index (χ4n) is 2.13. The number of nitrogens with zero attached hydrogens (tertiary/aromatic N) is 2.